The van der Waals surface area contributed by atoms with Gasteiger partial charge in [-0.1, -0.05) is 18.6 Å². The van der Waals surface area contributed by atoms with Gasteiger partial charge in [0.2, 0.25) is 0 Å². The van der Waals surface area contributed by atoms with Gasteiger partial charge in [-0.2, -0.15) is 0 Å². The second kappa shape index (κ2) is 5.42. The molecule has 0 heterocycles. The highest BCUT2D eigenvalue weighted by molar-refractivity contribution is 5.71. The summed E-state index contributed by atoms with van der Waals surface area (Å²) in [7, 11) is 0. The van der Waals surface area contributed by atoms with Crippen LogP contribution in [-0.2, 0) is 4.79 Å². The summed E-state index contributed by atoms with van der Waals surface area (Å²) in [6.07, 6.45) is 7.33. The molecule has 0 amide bonds. The van der Waals surface area contributed by atoms with Crippen molar-refractivity contribution in [1.82, 2.24) is 0 Å². The second-order valence-electron chi connectivity index (χ2n) is 3.17. The number of hydrogen-bond acceptors (Lipinski definition) is 1. The number of carboxylic acid groups (broad SMARTS) is 1. The largest absolute Gasteiger partial charge is 0.481 e. The lowest BCUT2D eigenvalue weighted by Crippen LogP contribution is -2.21. The summed E-state index contributed by atoms with van der Waals surface area (Å²) in [5.41, 5.74) is 1.07. The van der Waals surface area contributed by atoms with E-state index in [2.05, 4.69) is 5.92 Å². The fraction of sp³-hybridized carbons (Fsp3) is 0.545. The van der Waals surface area contributed by atoms with Crippen LogP contribution >= 0.6 is 0 Å². The van der Waals surface area contributed by atoms with Crippen molar-refractivity contribution in [2.45, 2.75) is 27.2 Å². The lowest BCUT2D eigenvalue weighted by atomic mass is 9.86. The molecule has 0 fully saturated rings. The van der Waals surface area contributed by atoms with Crippen molar-refractivity contribution in [3.8, 4) is 12.3 Å². The van der Waals surface area contributed by atoms with E-state index in [1.165, 1.54) is 0 Å². The number of hydrogen-bond donors (Lipinski definition) is 1. The first kappa shape index (κ1) is 11.8. The van der Waals surface area contributed by atoms with Gasteiger partial charge in [-0.15, -0.1) is 12.3 Å². The van der Waals surface area contributed by atoms with Crippen LogP contribution in [-0.4, -0.2) is 11.1 Å². The van der Waals surface area contributed by atoms with Crippen molar-refractivity contribution >= 4 is 5.97 Å². The average molecular weight is 180 g/mol. The average Bonchev–Trinajstić information content (AvgIpc) is 2.11. The van der Waals surface area contributed by atoms with Gasteiger partial charge in [0, 0.05) is 6.42 Å². The monoisotopic (exact) mass is 180 g/mol. The maximum atomic E-state index is 10.8. The number of rotatable bonds is 4. The molecule has 0 saturated heterocycles. The van der Waals surface area contributed by atoms with Crippen molar-refractivity contribution in [1.29, 1.82) is 0 Å². The molecular weight excluding hydrogens is 164 g/mol. The van der Waals surface area contributed by atoms with E-state index in [9.17, 15) is 4.79 Å². The topological polar surface area (TPSA) is 37.3 Å². The Morgan fingerprint density at radius 3 is 2.54 bits per heavy atom. The third-order valence-electron chi connectivity index (χ3n) is 2.43. The molecule has 2 atom stereocenters. The quantitative estimate of drug-likeness (QED) is 0.532. The molecular formula is C11H16O2. The SMILES string of the molecule is C#CCC(C(=O)O)C(C)C(C)=CC. The van der Waals surface area contributed by atoms with E-state index in [0.29, 0.717) is 6.42 Å². The Morgan fingerprint density at radius 1 is 1.69 bits per heavy atom. The van der Waals surface area contributed by atoms with E-state index in [4.69, 9.17) is 11.5 Å². The standard InChI is InChI=1S/C11H16O2/c1-5-7-10(11(12)13)9(4)8(3)6-2/h1,6,9-10H,7H2,2-4H3,(H,12,13). The first-order chi connectivity index (χ1) is 6.04. The first-order valence-corrected chi connectivity index (χ1v) is 4.33. The van der Waals surface area contributed by atoms with Crippen LogP contribution in [0.3, 0.4) is 0 Å². The highest BCUT2D eigenvalue weighted by atomic mass is 16.4. The maximum absolute atomic E-state index is 10.8. The first-order valence-electron chi connectivity index (χ1n) is 4.33. The van der Waals surface area contributed by atoms with E-state index in [0.717, 1.165) is 5.57 Å². The molecule has 0 rings (SSSR count). The summed E-state index contributed by atoms with van der Waals surface area (Å²) in [5.74, 6) is 1.14. The van der Waals surface area contributed by atoms with Gasteiger partial charge in [0.1, 0.15) is 0 Å². The number of terminal acetylenes is 1. The Balaban J connectivity index is 4.57. The Labute approximate surface area is 79.7 Å². The fourth-order valence-electron chi connectivity index (χ4n) is 1.19. The van der Waals surface area contributed by atoms with Gasteiger partial charge >= 0.3 is 5.97 Å². The van der Waals surface area contributed by atoms with E-state index >= 15 is 0 Å². The Hall–Kier alpha value is -1.23. The number of carbonyl (C=O) groups is 1. The lowest BCUT2D eigenvalue weighted by molar-refractivity contribution is -0.142. The molecule has 0 radical (unpaired) electrons. The van der Waals surface area contributed by atoms with Crippen LogP contribution in [0.15, 0.2) is 11.6 Å². The van der Waals surface area contributed by atoms with Gasteiger partial charge in [-0.05, 0) is 19.8 Å². The molecule has 0 aromatic rings. The molecule has 1 N–H and O–H groups in total. The highest BCUT2D eigenvalue weighted by Gasteiger charge is 2.24. The minimum absolute atomic E-state index is 0.0125. The summed E-state index contributed by atoms with van der Waals surface area (Å²) in [5, 5.41) is 8.90. The van der Waals surface area contributed by atoms with Gasteiger partial charge in [-0.3, -0.25) is 4.79 Å². The third-order valence-corrected chi connectivity index (χ3v) is 2.43. The van der Waals surface area contributed by atoms with Crippen molar-refractivity contribution in [2.75, 3.05) is 0 Å². The molecule has 0 aliphatic carbocycles. The molecule has 0 bridgehead atoms. The molecule has 2 heteroatoms. The van der Waals surface area contributed by atoms with Gasteiger partial charge in [0.15, 0.2) is 0 Å². The molecule has 72 valence electrons. The molecule has 0 aromatic carbocycles. The smallest absolute Gasteiger partial charge is 0.308 e. The Kier molecular flexibility index (Phi) is 4.91. The summed E-state index contributed by atoms with van der Waals surface area (Å²) in [6, 6.07) is 0. The zero-order valence-electron chi connectivity index (χ0n) is 8.37. The molecule has 2 nitrogen and oxygen atoms in total. The Morgan fingerprint density at radius 2 is 2.23 bits per heavy atom. The second-order valence-corrected chi connectivity index (χ2v) is 3.17. The molecule has 13 heavy (non-hydrogen) atoms. The number of carboxylic acids is 1. The zero-order chi connectivity index (χ0) is 10.4. The van der Waals surface area contributed by atoms with Crippen molar-refractivity contribution in [3.63, 3.8) is 0 Å². The minimum Gasteiger partial charge on any atom is -0.481 e. The molecule has 2 unspecified atom stereocenters. The lowest BCUT2D eigenvalue weighted by Gasteiger charge is -2.18. The maximum Gasteiger partial charge on any atom is 0.308 e. The zero-order valence-corrected chi connectivity index (χ0v) is 8.37. The minimum atomic E-state index is -0.813. The van der Waals surface area contributed by atoms with E-state index < -0.39 is 11.9 Å². The molecule has 0 aliphatic heterocycles. The van der Waals surface area contributed by atoms with E-state index in [-0.39, 0.29) is 5.92 Å². The summed E-state index contributed by atoms with van der Waals surface area (Å²) in [4.78, 5) is 10.8. The van der Waals surface area contributed by atoms with Crippen LogP contribution in [0.4, 0.5) is 0 Å². The van der Waals surface area contributed by atoms with Gasteiger partial charge in [-0.25, -0.2) is 0 Å². The molecule has 0 saturated carbocycles. The van der Waals surface area contributed by atoms with Gasteiger partial charge in [0.05, 0.1) is 5.92 Å². The fourth-order valence-corrected chi connectivity index (χ4v) is 1.19. The van der Waals surface area contributed by atoms with Crippen LogP contribution in [0.2, 0.25) is 0 Å². The highest BCUT2D eigenvalue weighted by Crippen LogP contribution is 2.22. The summed E-state index contributed by atoms with van der Waals surface area (Å²) in [6.45, 7) is 5.73. The molecule has 0 aliphatic rings. The summed E-state index contributed by atoms with van der Waals surface area (Å²) < 4.78 is 0. The number of allylic oxidation sites excluding steroid dienone is 2. The molecule has 0 aromatic heterocycles. The van der Waals surface area contributed by atoms with E-state index in [1.807, 2.05) is 26.8 Å². The van der Waals surface area contributed by atoms with Crippen LogP contribution in [0, 0.1) is 24.2 Å². The van der Waals surface area contributed by atoms with Gasteiger partial charge < -0.3 is 5.11 Å². The van der Waals surface area contributed by atoms with Crippen molar-refractivity contribution in [2.24, 2.45) is 11.8 Å². The predicted octanol–water partition coefficient (Wildman–Crippen LogP) is 2.31. The van der Waals surface area contributed by atoms with Crippen LogP contribution in [0.5, 0.6) is 0 Å². The van der Waals surface area contributed by atoms with Crippen LogP contribution in [0.25, 0.3) is 0 Å². The van der Waals surface area contributed by atoms with Crippen molar-refractivity contribution in [3.05, 3.63) is 11.6 Å². The number of aliphatic carboxylic acids is 1. The predicted molar refractivity (Wildman–Crippen MR) is 53.2 cm³/mol. The van der Waals surface area contributed by atoms with Crippen molar-refractivity contribution < 1.29 is 9.90 Å². The van der Waals surface area contributed by atoms with Crippen LogP contribution < -0.4 is 0 Å². The van der Waals surface area contributed by atoms with Gasteiger partial charge in [0.25, 0.3) is 0 Å². The molecule has 0 spiro atoms. The van der Waals surface area contributed by atoms with E-state index in [1.54, 1.807) is 0 Å². The summed E-state index contributed by atoms with van der Waals surface area (Å²) >= 11 is 0. The third kappa shape index (κ3) is 3.33. The normalized spacial score (nSPS) is 16.0. The Bertz CT molecular complexity index is 245. The van der Waals surface area contributed by atoms with Crippen LogP contribution in [0.1, 0.15) is 27.2 Å².